The summed E-state index contributed by atoms with van der Waals surface area (Å²) in [4.78, 5) is 25.4. The lowest BCUT2D eigenvalue weighted by molar-refractivity contribution is -0.137. The molecule has 0 unspecified atom stereocenters. The van der Waals surface area contributed by atoms with Gasteiger partial charge in [-0.3, -0.25) is 9.59 Å². The Labute approximate surface area is 298 Å². The van der Waals surface area contributed by atoms with Crippen molar-refractivity contribution in [2.24, 2.45) is 0 Å². The van der Waals surface area contributed by atoms with Crippen LogP contribution in [0.1, 0.15) is 230 Å². The van der Waals surface area contributed by atoms with Gasteiger partial charge in [0.15, 0.2) is 11.5 Å². The molecule has 0 spiro atoms. The number of carbonyl (C=O) groups is 2. The fourth-order valence-electron chi connectivity index (χ4n) is 6.59. The molecular weight excluding hydrogens is 592 g/mol. The predicted octanol–water partition coefficient (Wildman–Crippen LogP) is 14.6. The molecule has 0 amide bonds. The van der Waals surface area contributed by atoms with Crippen molar-refractivity contribution < 1.29 is 19.1 Å². The van der Waals surface area contributed by atoms with Crippen LogP contribution in [-0.4, -0.2) is 11.9 Å². The van der Waals surface area contributed by atoms with E-state index in [0.717, 1.165) is 36.8 Å². The van der Waals surface area contributed by atoms with Crippen LogP contribution in [0.4, 0.5) is 0 Å². The molecule has 0 saturated carbocycles. The first kappa shape index (κ1) is 44.2. The van der Waals surface area contributed by atoms with Crippen LogP contribution >= 0.6 is 0 Å². The quantitative estimate of drug-likeness (QED) is 0.0416. The Morgan fingerprint density at radius 1 is 0.417 bits per heavy atom. The van der Waals surface area contributed by atoms with Crippen molar-refractivity contribution >= 4 is 11.9 Å². The van der Waals surface area contributed by atoms with Crippen molar-refractivity contribution in [2.75, 3.05) is 0 Å². The lowest BCUT2D eigenvalue weighted by Gasteiger charge is -2.14. The van der Waals surface area contributed by atoms with Gasteiger partial charge in [-0.1, -0.05) is 200 Å². The summed E-state index contributed by atoms with van der Waals surface area (Å²) in [5, 5.41) is 0. The fraction of sp³-hybridized carbons (Fsp3) is 0.818. The molecule has 1 aromatic carbocycles. The standard InChI is InChI=1S/C44H78O4/c1-5-7-9-11-13-15-17-19-21-23-25-27-29-31-33-35-42(45)47-41-38-37-39(3)40(4)44(41)48-43(46)36-34-32-30-28-26-24-22-20-18-16-14-12-10-8-6-2/h37-38H,5-36H2,1-4H3. The van der Waals surface area contributed by atoms with Gasteiger partial charge >= 0.3 is 11.9 Å². The number of hydrogen-bond donors (Lipinski definition) is 0. The normalized spacial score (nSPS) is 11.2. The largest absolute Gasteiger partial charge is 0.423 e. The van der Waals surface area contributed by atoms with Gasteiger partial charge in [-0.15, -0.1) is 0 Å². The average Bonchev–Trinajstić information content (AvgIpc) is 3.08. The van der Waals surface area contributed by atoms with E-state index in [2.05, 4.69) is 13.8 Å². The Morgan fingerprint density at radius 3 is 1.04 bits per heavy atom. The van der Waals surface area contributed by atoms with Gasteiger partial charge < -0.3 is 9.47 Å². The molecule has 1 rings (SSSR count). The van der Waals surface area contributed by atoms with E-state index in [4.69, 9.17) is 9.47 Å². The zero-order valence-corrected chi connectivity index (χ0v) is 32.4. The number of benzene rings is 1. The SMILES string of the molecule is CCCCCCCCCCCCCCCCCC(=O)Oc1ccc(C)c(C)c1OC(=O)CCCCCCCCCCCCCCCCC. The molecule has 0 heterocycles. The van der Waals surface area contributed by atoms with E-state index in [0.29, 0.717) is 24.3 Å². The van der Waals surface area contributed by atoms with E-state index in [1.807, 2.05) is 19.9 Å². The molecule has 0 fully saturated rings. The second-order valence-corrected chi connectivity index (χ2v) is 14.7. The van der Waals surface area contributed by atoms with E-state index in [1.54, 1.807) is 6.07 Å². The Morgan fingerprint density at radius 2 is 0.708 bits per heavy atom. The maximum absolute atomic E-state index is 12.7. The first-order valence-corrected chi connectivity index (χ1v) is 21.0. The summed E-state index contributed by atoms with van der Waals surface area (Å²) in [5.41, 5.74) is 1.88. The van der Waals surface area contributed by atoms with Crippen molar-refractivity contribution in [2.45, 2.75) is 233 Å². The van der Waals surface area contributed by atoms with Crippen LogP contribution in [0.15, 0.2) is 12.1 Å². The zero-order chi connectivity index (χ0) is 34.9. The lowest BCUT2D eigenvalue weighted by atomic mass is 10.0. The Bertz CT molecular complexity index is 907. The molecule has 278 valence electrons. The van der Waals surface area contributed by atoms with Gasteiger partial charge in [0.1, 0.15) is 0 Å². The van der Waals surface area contributed by atoms with Crippen molar-refractivity contribution in [1.82, 2.24) is 0 Å². The van der Waals surface area contributed by atoms with E-state index >= 15 is 0 Å². The van der Waals surface area contributed by atoms with Crippen LogP contribution in [0.25, 0.3) is 0 Å². The fourth-order valence-corrected chi connectivity index (χ4v) is 6.59. The molecule has 0 bridgehead atoms. The maximum Gasteiger partial charge on any atom is 0.311 e. The highest BCUT2D eigenvalue weighted by molar-refractivity contribution is 5.77. The van der Waals surface area contributed by atoms with Gasteiger partial charge in [-0.25, -0.2) is 0 Å². The van der Waals surface area contributed by atoms with Crippen LogP contribution in [0.5, 0.6) is 11.5 Å². The van der Waals surface area contributed by atoms with Gasteiger partial charge in [-0.05, 0) is 43.9 Å². The van der Waals surface area contributed by atoms with E-state index in [9.17, 15) is 9.59 Å². The topological polar surface area (TPSA) is 52.6 Å². The number of ether oxygens (including phenoxy) is 2. The monoisotopic (exact) mass is 671 g/mol. The average molecular weight is 671 g/mol. The number of aryl methyl sites for hydroxylation is 1. The zero-order valence-electron chi connectivity index (χ0n) is 32.4. The minimum absolute atomic E-state index is 0.238. The molecule has 0 atom stereocenters. The number of rotatable bonds is 34. The summed E-state index contributed by atoms with van der Waals surface area (Å²) in [6.45, 7) is 8.47. The summed E-state index contributed by atoms with van der Waals surface area (Å²) in [5.74, 6) is 0.297. The second-order valence-electron chi connectivity index (χ2n) is 14.7. The molecule has 0 N–H and O–H groups in total. The first-order valence-electron chi connectivity index (χ1n) is 21.0. The molecule has 0 aliphatic rings. The summed E-state index contributed by atoms with van der Waals surface area (Å²) in [6, 6.07) is 3.69. The molecule has 0 saturated heterocycles. The molecule has 0 aromatic heterocycles. The van der Waals surface area contributed by atoms with Gasteiger partial charge in [0.2, 0.25) is 0 Å². The van der Waals surface area contributed by atoms with E-state index in [1.165, 1.54) is 167 Å². The van der Waals surface area contributed by atoms with Gasteiger partial charge in [0, 0.05) is 12.8 Å². The highest BCUT2D eigenvalue weighted by Crippen LogP contribution is 2.34. The second kappa shape index (κ2) is 32.4. The Balaban J connectivity index is 2.13. The number of unbranched alkanes of at least 4 members (excludes halogenated alkanes) is 28. The van der Waals surface area contributed by atoms with Crippen LogP contribution < -0.4 is 9.47 Å². The van der Waals surface area contributed by atoms with E-state index < -0.39 is 0 Å². The maximum atomic E-state index is 12.7. The van der Waals surface area contributed by atoms with Crippen LogP contribution in [0.2, 0.25) is 0 Å². The van der Waals surface area contributed by atoms with Crippen molar-refractivity contribution in [3.05, 3.63) is 23.3 Å². The predicted molar refractivity (Wildman–Crippen MR) is 206 cm³/mol. The molecule has 1 aromatic rings. The van der Waals surface area contributed by atoms with E-state index in [-0.39, 0.29) is 11.9 Å². The smallest absolute Gasteiger partial charge is 0.311 e. The third-order valence-corrected chi connectivity index (χ3v) is 10.0. The minimum Gasteiger partial charge on any atom is -0.423 e. The minimum atomic E-state index is -0.243. The van der Waals surface area contributed by atoms with Gasteiger partial charge in [0.05, 0.1) is 0 Å². The first-order chi connectivity index (χ1) is 23.5. The summed E-state index contributed by atoms with van der Waals surface area (Å²) < 4.78 is 11.5. The van der Waals surface area contributed by atoms with Gasteiger partial charge in [0.25, 0.3) is 0 Å². The number of esters is 2. The third kappa shape index (κ3) is 25.2. The molecule has 4 nitrogen and oxygen atoms in total. The summed E-state index contributed by atoms with van der Waals surface area (Å²) in [7, 11) is 0. The Hall–Kier alpha value is -1.84. The highest BCUT2D eigenvalue weighted by atomic mass is 16.6. The summed E-state index contributed by atoms with van der Waals surface area (Å²) >= 11 is 0. The number of carbonyl (C=O) groups excluding carboxylic acids is 2. The van der Waals surface area contributed by atoms with Crippen molar-refractivity contribution in [3.8, 4) is 11.5 Å². The lowest BCUT2D eigenvalue weighted by Crippen LogP contribution is -2.13. The number of hydrogen-bond acceptors (Lipinski definition) is 4. The Kier molecular flexibility index (Phi) is 29.8. The van der Waals surface area contributed by atoms with Crippen LogP contribution in [-0.2, 0) is 9.59 Å². The molecule has 4 heteroatoms. The molecule has 0 radical (unpaired) electrons. The van der Waals surface area contributed by atoms with Crippen LogP contribution in [0.3, 0.4) is 0 Å². The van der Waals surface area contributed by atoms with Crippen LogP contribution in [0, 0.1) is 13.8 Å². The summed E-state index contributed by atoms with van der Waals surface area (Å²) in [6.07, 6.45) is 39.8. The molecule has 48 heavy (non-hydrogen) atoms. The van der Waals surface area contributed by atoms with Crippen molar-refractivity contribution in [1.29, 1.82) is 0 Å². The van der Waals surface area contributed by atoms with Crippen molar-refractivity contribution in [3.63, 3.8) is 0 Å². The molecule has 0 aliphatic heterocycles. The third-order valence-electron chi connectivity index (χ3n) is 10.0. The molecule has 0 aliphatic carbocycles. The highest BCUT2D eigenvalue weighted by Gasteiger charge is 2.17. The molecular formula is C44H78O4. The van der Waals surface area contributed by atoms with Gasteiger partial charge in [-0.2, -0.15) is 0 Å².